The molecule has 2 unspecified atom stereocenters. The molecule has 3 aromatic rings. The SMILES string of the molecule is O=C1c2c(O)c(=O)ccn2N(C2c3ccsc3SCc3c2ccc(F)c3F)C2COCCN12. The van der Waals surface area contributed by atoms with Gasteiger partial charge in [0, 0.05) is 35.7 Å². The van der Waals surface area contributed by atoms with E-state index in [4.69, 9.17) is 4.74 Å². The fourth-order valence-corrected chi connectivity index (χ4v) is 6.94. The van der Waals surface area contributed by atoms with E-state index in [1.807, 2.05) is 16.5 Å². The van der Waals surface area contributed by atoms with Crippen molar-refractivity contribution in [1.29, 1.82) is 0 Å². The maximum atomic E-state index is 15.0. The first kappa shape index (κ1) is 20.7. The molecule has 0 aliphatic carbocycles. The summed E-state index contributed by atoms with van der Waals surface area (Å²) in [5.74, 6) is -2.68. The van der Waals surface area contributed by atoms with Gasteiger partial charge in [0.2, 0.25) is 5.43 Å². The lowest BCUT2D eigenvalue weighted by atomic mass is 9.94. The number of ether oxygens (including phenoxy) is 1. The van der Waals surface area contributed by atoms with Gasteiger partial charge in [0.15, 0.2) is 23.1 Å². The number of pyridine rings is 1. The van der Waals surface area contributed by atoms with Gasteiger partial charge in [0.1, 0.15) is 12.2 Å². The summed E-state index contributed by atoms with van der Waals surface area (Å²) in [5.41, 5.74) is 0.864. The number of aromatic nitrogens is 1. The first-order valence-corrected chi connectivity index (χ1v) is 12.1. The van der Waals surface area contributed by atoms with Crippen LogP contribution < -0.4 is 10.4 Å². The molecule has 1 saturated heterocycles. The Kier molecular flexibility index (Phi) is 4.75. The van der Waals surface area contributed by atoms with Crippen LogP contribution in [0.3, 0.4) is 0 Å². The largest absolute Gasteiger partial charge is 0.502 e. The van der Waals surface area contributed by atoms with Crippen LogP contribution in [-0.2, 0) is 10.5 Å². The number of rotatable bonds is 1. The van der Waals surface area contributed by atoms with E-state index in [-0.39, 0.29) is 30.2 Å². The molecule has 11 heteroatoms. The normalized spacial score (nSPS) is 21.7. The van der Waals surface area contributed by atoms with E-state index in [0.717, 1.165) is 15.8 Å². The molecule has 0 radical (unpaired) electrons. The molecule has 0 spiro atoms. The Balaban J connectivity index is 1.66. The van der Waals surface area contributed by atoms with Crippen LogP contribution in [0.2, 0.25) is 0 Å². The predicted molar refractivity (Wildman–Crippen MR) is 118 cm³/mol. The molecule has 5 heterocycles. The number of carbonyl (C=O) groups excluding carboxylic acids is 1. The first-order chi connectivity index (χ1) is 16.0. The molecule has 3 aliphatic rings. The van der Waals surface area contributed by atoms with Gasteiger partial charge in [-0.1, -0.05) is 6.07 Å². The van der Waals surface area contributed by atoms with Gasteiger partial charge in [-0.3, -0.25) is 19.3 Å². The molecular formula is C22H17F2N3O4S2. The molecule has 1 amide bonds. The lowest BCUT2D eigenvalue weighted by molar-refractivity contribution is -0.0197. The Labute approximate surface area is 194 Å². The van der Waals surface area contributed by atoms with E-state index in [2.05, 4.69) is 0 Å². The van der Waals surface area contributed by atoms with Gasteiger partial charge in [0.25, 0.3) is 5.91 Å². The molecule has 2 aromatic heterocycles. The Morgan fingerprint density at radius 3 is 2.82 bits per heavy atom. The summed E-state index contributed by atoms with van der Waals surface area (Å²) in [7, 11) is 0. The lowest BCUT2D eigenvalue weighted by Crippen LogP contribution is -2.66. The molecule has 1 N–H and O–H groups in total. The zero-order valence-electron chi connectivity index (χ0n) is 17.0. The maximum Gasteiger partial charge on any atom is 0.278 e. The highest BCUT2D eigenvalue weighted by molar-refractivity contribution is 8.00. The van der Waals surface area contributed by atoms with Crippen molar-refractivity contribution in [2.45, 2.75) is 22.2 Å². The van der Waals surface area contributed by atoms with Gasteiger partial charge in [-0.05, 0) is 23.1 Å². The van der Waals surface area contributed by atoms with Crippen molar-refractivity contribution in [1.82, 2.24) is 9.58 Å². The minimum atomic E-state index is -0.920. The van der Waals surface area contributed by atoms with Gasteiger partial charge in [-0.15, -0.1) is 23.1 Å². The van der Waals surface area contributed by atoms with Crippen LogP contribution >= 0.6 is 23.1 Å². The van der Waals surface area contributed by atoms with E-state index in [9.17, 15) is 23.5 Å². The summed E-state index contributed by atoms with van der Waals surface area (Å²) in [4.78, 5) is 27.0. The fraction of sp³-hybridized carbons (Fsp3) is 0.273. The zero-order chi connectivity index (χ0) is 22.9. The van der Waals surface area contributed by atoms with E-state index in [1.165, 1.54) is 40.0 Å². The Bertz CT molecular complexity index is 1360. The third-order valence-corrected chi connectivity index (χ3v) is 8.56. The summed E-state index contributed by atoms with van der Waals surface area (Å²) in [5, 5.41) is 14.3. The van der Waals surface area contributed by atoms with Crippen LogP contribution in [0.25, 0.3) is 0 Å². The predicted octanol–water partition coefficient (Wildman–Crippen LogP) is 3.04. The fourth-order valence-electron chi connectivity index (χ4n) is 4.76. The average Bonchev–Trinajstić information content (AvgIpc) is 3.22. The van der Waals surface area contributed by atoms with Gasteiger partial charge >= 0.3 is 0 Å². The summed E-state index contributed by atoms with van der Waals surface area (Å²) >= 11 is 2.93. The minimum Gasteiger partial charge on any atom is -0.502 e. The van der Waals surface area contributed by atoms with Crippen molar-refractivity contribution < 1.29 is 23.4 Å². The topological polar surface area (TPSA) is 75.0 Å². The number of thioether (sulfide) groups is 1. The maximum absolute atomic E-state index is 15.0. The Morgan fingerprint density at radius 2 is 1.97 bits per heavy atom. The van der Waals surface area contributed by atoms with Crippen molar-refractivity contribution in [3.8, 4) is 5.75 Å². The summed E-state index contributed by atoms with van der Waals surface area (Å²) < 4.78 is 37.2. The molecule has 0 saturated carbocycles. The minimum absolute atomic E-state index is 0.154. The molecule has 0 bridgehead atoms. The number of hydrogen-bond donors (Lipinski definition) is 1. The van der Waals surface area contributed by atoms with Crippen LogP contribution in [0.4, 0.5) is 8.78 Å². The number of fused-ring (bicyclic) bond motifs is 4. The van der Waals surface area contributed by atoms with Gasteiger partial charge in [-0.2, -0.15) is 0 Å². The van der Waals surface area contributed by atoms with Gasteiger partial charge < -0.3 is 14.7 Å². The lowest BCUT2D eigenvalue weighted by Gasteiger charge is -2.51. The average molecular weight is 490 g/mol. The molecule has 6 rings (SSSR count). The highest BCUT2D eigenvalue weighted by Crippen LogP contribution is 2.47. The van der Waals surface area contributed by atoms with Crippen molar-refractivity contribution in [3.63, 3.8) is 0 Å². The number of nitrogens with zero attached hydrogens (tertiary/aromatic N) is 3. The zero-order valence-corrected chi connectivity index (χ0v) is 18.7. The van der Waals surface area contributed by atoms with Crippen LogP contribution in [0.1, 0.15) is 33.2 Å². The van der Waals surface area contributed by atoms with E-state index in [0.29, 0.717) is 12.2 Å². The van der Waals surface area contributed by atoms with Crippen LogP contribution in [0.5, 0.6) is 5.75 Å². The van der Waals surface area contributed by atoms with E-state index < -0.39 is 40.9 Å². The number of benzene rings is 1. The highest BCUT2D eigenvalue weighted by atomic mass is 32.2. The molecule has 1 fully saturated rings. The highest BCUT2D eigenvalue weighted by Gasteiger charge is 2.46. The number of morpholine rings is 1. The second-order valence-corrected chi connectivity index (χ2v) is 10.1. The van der Waals surface area contributed by atoms with Gasteiger partial charge in [-0.25, -0.2) is 8.78 Å². The smallest absolute Gasteiger partial charge is 0.278 e. The molecule has 3 aliphatic heterocycles. The Hall–Kier alpha value is -2.89. The van der Waals surface area contributed by atoms with Crippen molar-refractivity contribution in [2.75, 3.05) is 24.8 Å². The second-order valence-electron chi connectivity index (χ2n) is 7.94. The Morgan fingerprint density at radius 1 is 1.12 bits per heavy atom. The van der Waals surface area contributed by atoms with Crippen molar-refractivity contribution >= 4 is 29.0 Å². The number of aromatic hydroxyl groups is 1. The third-order valence-electron chi connectivity index (χ3n) is 6.27. The third kappa shape index (κ3) is 2.95. The number of amides is 1. The molecule has 7 nitrogen and oxygen atoms in total. The number of carbonyl (C=O) groups is 1. The number of hydrogen-bond acceptors (Lipinski definition) is 7. The second kappa shape index (κ2) is 7.57. The molecular weight excluding hydrogens is 472 g/mol. The van der Waals surface area contributed by atoms with E-state index >= 15 is 0 Å². The van der Waals surface area contributed by atoms with Crippen molar-refractivity contribution in [2.24, 2.45) is 0 Å². The number of halogens is 2. The first-order valence-electron chi connectivity index (χ1n) is 10.3. The summed E-state index contributed by atoms with van der Waals surface area (Å²) in [6, 6.07) is 5.18. The molecule has 33 heavy (non-hydrogen) atoms. The van der Waals surface area contributed by atoms with Crippen LogP contribution in [-0.4, -0.2) is 46.5 Å². The standard InChI is InChI=1S/C22H17F2N3O4S2/c23-14-2-1-11-13(17(14)24)10-33-22-12(4-8-32-22)18(11)27-16-9-31-7-6-25(16)21(30)19-20(29)15(28)3-5-26(19)27/h1-5,8,16,18,29H,6-7,9-10H2. The number of thiophene rings is 1. The summed E-state index contributed by atoms with van der Waals surface area (Å²) in [6.45, 7) is 0.764. The molecule has 1 aromatic carbocycles. The van der Waals surface area contributed by atoms with Crippen molar-refractivity contribution in [3.05, 3.63) is 80.1 Å². The van der Waals surface area contributed by atoms with Gasteiger partial charge in [0.05, 0.1) is 17.4 Å². The summed E-state index contributed by atoms with van der Waals surface area (Å²) in [6.07, 6.45) is 0.854. The molecule has 2 atom stereocenters. The van der Waals surface area contributed by atoms with Crippen LogP contribution in [0, 0.1) is 11.6 Å². The van der Waals surface area contributed by atoms with E-state index in [1.54, 1.807) is 11.0 Å². The monoisotopic (exact) mass is 489 g/mol. The van der Waals surface area contributed by atoms with Crippen LogP contribution in [0.15, 0.2) is 44.8 Å². The molecule has 170 valence electrons. The quantitative estimate of drug-likeness (QED) is 0.567.